The summed E-state index contributed by atoms with van der Waals surface area (Å²) in [6, 6.07) is 19.2. The fraction of sp³-hybridized carbons (Fsp3) is 0.0417. The summed E-state index contributed by atoms with van der Waals surface area (Å²) >= 11 is 0. The van der Waals surface area contributed by atoms with Crippen molar-refractivity contribution in [2.24, 2.45) is 0 Å². The van der Waals surface area contributed by atoms with E-state index in [2.05, 4.69) is 15.0 Å². The number of hydrogen-bond donors (Lipinski definition) is 1. The first-order valence-electron chi connectivity index (χ1n) is 9.25. The summed E-state index contributed by atoms with van der Waals surface area (Å²) in [6.07, 6.45) is 1.54. The molecule has 0 atom stereocenters. The van der Waals surface area contributed by atoms with Crippen LogP contribution >= 0.6 is 0 Å². The number of phenols is 1. The molecule has 0 aliphatic rings. The Morgan fingerprint density at radius 2 is 1.13 bits per heavy atom. The highest BCUT2D eigenvalue weighted by Crippen LogP contribution is 2.32. The molecule has 0 aliphatic heterocycles. The summed E-state index contributed by atoms with van der Waals surface area (Å²) in [4.78, 5) is 35.6. The Hall–Kier alpha value is -4.19. The first-order chi connectivity index (χ1) is 14.6. The smallest absolute Gasteiger partial charge is 0.167 e. The van der Waals surface area contributed by atoms with E-state index in [0.29, 0.717) is 50.9 Å². The molecule has 30 heavy (non-hydrogen) atoms. The van der Waals surface area contributed by atoms with Gasteiger partial charge in [0, 0.05) is 22.3 Å². The molecule has 0 fully saturated rings. The van der Waals surface area contributed by atoms with Gasteiger partial charge in [-0.05, 0) is 18.6 Å². The highest BCUT2D eigenvalue weighted by atomic mass is 16.3. The molecule has 0 aliphatic carbocycles. The second-order valence-electron chi connectivity index (χ2n) is 6.76. The highest BCUT2D eigenvalue weighted by molar-refractivity contribution is 5.78. The number of hydrogen-bond acceptors (Lipinski definition) is 6. The molecule has 4 aromatic rings. The van der Waals surface area contributed by atoms with Gasteiger partial charge >= 0.3 is 0 Å². The van der Waals surface area contributed by atoms with Gasteiger partial charge in [0.25, 0.3) is 0 Å². The Labute approximate surface area is 172 Å². The van der Waals surface area contributed by atoms with Crippen LogP contribution in [0, 0.1) is 6.92 Å². The number of aldehydes is 2. The topological polar surface area (TPSA) is 93.0 Å². The number of aromatic nitrogens is 3. The van der Waals surface area contributed by atoms with Crippen LogP contribution in [0.4, 0.5) is 0 Å². The van der Waals surface area contributed by atoms with E-state index in [1.165, 1.54) is 0 Å². The molecular weight excluding hydrogens is 378 g/mol. The number of carbonyl (C=O) groups excluding carboxylic acids is 2. The summed E-state index contributed by atoms with van der Waals surface area (Å²) in [7, 11) is 0. The second kappa shape index (κ2) is 8.05. The van der Waals surface area contributed by atoms with Crippen LogP contribution in [0.5, 0.6) is 5.75 Å². The number of para-hydroxylation sites is 1. The Kier molecular flexibility index (Phi) is 5.13. The van der Waals surface area contributed by atoms with Crippen LogP contribution in [0.3, 0.4) is 0 Å². The summed E-state index contributed by atoms with van der Waals surface area (Å²) in [5.74, 6) is 1.25. The fourth-order valence-electron chi connectivity index (χ4n) is 3.02. The molecule has 4 rings (SSSR count). The molecule has 0 radical (unpaired) electrons. The third kappa shape index (κ3) is 3.71. The van der Waals surface area contributed by atoms with Crippen LogP contribution in [0.2, 0.25) is 0 Å². The van der Waals surface area contributed by atoms with Crippen LogP contribution in [-0.4, -0.2) is 32.6 Å². The minimum absolute atomic E-state index is 0.105. The second-order valence-corrected chi connectivity index (χ2v) is 6.76. The molecule has 146 valence electrons. The Morgan fingerprint density at radius 3 is 1.60 bits per heavy atom. The lowest BCUT2D eigenvalue weighted by Gasteiger charge is -2.10. The number of aromatic hydroxyl groups is 1. The number of phenolic OH excluding ortho intramolecular Hbond substituents is 1. The molecule has 0 unspecified atom stereocenters. The number of nitrogens with zero attached hydrogens (tertiary/aromatic N) is 3. The van der Waals surface area contributed by atoms with Crippen molar-refractivity contribution in [2.45, 2.75) is 6.92 Å². The molecule has 0 saturated carbocycles. The lowest BCUT2D eigenvalue weighted by Crippen LogP contribution is -2.01. The van der Waals surface area contributed by atoms with Crippen molar-refractivity contribution in [2.75, 3.05) is 0 Å². The SMILES string of the molecule is Cc1cccc(-c2nc(-c3ccc(C=O)cc3)nc(-c3ccc(C=O)cc3)n2)c1O. The lowest BCUT2D eigenvalue weighted by molar-refractivity contribution is 0.111. The lowest BCUT2D eigenvalue weighted by atomic mass is 10.1. The molecule has 0 bridgehead atoms. The molecule has 0 spiro atoms. The van der Waals surface area contributed by atoms with Gasteiger partial charge in [0.15, 0.2) is 17.5 Å². The molecule has 1 aromatic heterocycles. The molecule has 1 heterocycles. The molecule has 6 nitrogen and oxygen atoms in total. The number of aryl methyl sites for hydroxylation is 1. The van der Waals surface area contributed by atoms with E-state index in [4.69, 9.17) is 0 Å². The van der Waals surface area contributed by atoms with Gasteiger partial charge in [-0.15, -0.1) is 0 Å². The minimum atomic E-state index is 0.105. The van der Waals surface area contributed by atoms with Crippen molar-refractivity contribution in [1.29, 1.82) is 0 Å². The molecule has 0 amide bonds. The Morgan fingerprint density at radius 1 is 0.667 bits per heavy atom. The fourth-order valence-corrected chi connectivity index (χ4v) is 3.02. The van der Waals surface area contributed by atoms with Crippen LogP contribution < -0.4 is 0 Å². The van der Waals surface area contributed by atoms with E-state index in [0.717, 1.165) is 12.6 Å². The van der Waals surface area contributed by atoms with Crippen LogP contribution in [0.25, 0.3) is 34.2 Å². The van der Waals surface area contributed by atoms with E-state index in [1.807, 2.05) is 6.07 Å². The highest BCUT2D eigenvalue weighted by Gasteiger charge is 2.15. The predicted molar refractivity (Wildman–Crippen MR) is 113 cm³/mol. The van der Waals surface area contributed by atoms with Crippen molar-refractivity contribution >= 4 is 12.6 Å². The van der Waals surface area contributed by atoms with Crippen molar-refractivity contribution in [3.05, 3.63) is 83.4 Å². The van der Waals surface area contributed by atoms with E-state index in [1.54, 1.807) is 67.6 Å². The zero-order valence-corrected chi connectivity index (χ0v) is 16.1. The first-order valence-corrected chi connectivity index (χ1v) is 9.25. The number of benzene rings is 3. The van der Waals surface area contributed by atoms with Gasteiger partial charge in [0.05, 0.1) is 5.56 Å². The zero-order valence-electron chi connectivity index (χ0n) is 16.1. The summed E-state index contributed by atoms with van der Waals surface area (Å²) in [5, 5.41) is 10.5. The summed E-state index contributed by atoms with van der Waals surface area (Å²) in [6.45, 7) is 1.80. The Balaban J connectivity index is 1.91. The summed E-state index contributed by atoms with van der Waals surface area (Å²) in [5.41, 5.74) is 3.72. The maximum Gasteiger partial charge on any atom is 0.167 e. The molecule has 6 heteroatoms. The number of carbonyl (C=O) groups is 2. The quantitative estimate of drug-likeness (QED) is 0.500. The molecule has 0 saturated heterocycles. The van der Waals surface area contributed by atoms with E-state index in [-0.39, 0.29) is 5.75 Å². The third-order valence-electron chi connectivity index (χ3n) is 4.72. The third-order valence-corrected chi connectivity index (χ3v) is 4.72. The predicted octanol–water partition coefficient (Wildman–Crippen LogP) is 4.51. The van der Waals surface area contributed by atoms with Gasteiger partial charge in [0.2, 0.25) is 0 Å². The van der Waals surface area contributed by atoms with E-state index < -0.39 is 0 Å². The van der Waals surface area contributed by atoms with E-state index >= 15 is 0 Å². The molecule has 1 N–H and O–H groups in total. The van der Waals surface area contributed by atoms with Gasteiger partial charge in [-0.2, -0.15) is 0 Å². The van der Waals surface area contributed by atoms with Crippen LogP contribution in [0.15, 0.2) is 66.7 Å². The monoisotopic (exact) mass is 395 g/mol. The summed E-state index contributed by atoms with van der Waals surface area (Å²) < 4.78 is 0. The van der Waals surface area contributed by atoms with Gasteiger partial charge in [-0.3, -0.25) is 9.59 Å². The van der Waals surface area contributed by atoms with Crippen molar-refractivity contribution in [1.82, 2.24) is 15.0 Å². The van der Waals surface area contributed by atoms with Gasteiger partial charge in [0.1, 0.15) is 18.3 Å². The first kappa shape index (κ1) is 19.1. The van der Waals surface area contributed by atoms with Gasteiger partial charge < -0.3 is 5.11 Å². The maximum atomic E-state index is 11.0. The van der Waals surface area contributed by atoms with Crippen molar-refractivity contribution in [3.8, 4) is 39.9 Å². The standard InChI is InChI=1S/C24H17N3O3/c1-15-3-2-4-20(21(15)30)24-26-22(18-9-5-16(13-28)6-10-18)25-23(27-24)19-11-7-17(14-29)8-12-19/h2-14,30H,1H3. The van der Waals surface area contributed by atoms with E-state index in [9.17, 15) is 14.7 Å². The largest absolute Gasteiger partial charge is 0.507 e. The molecule has 3 aromatic carbocycles. The van der Waals surface area contributed by atoms with Crippen LogP contribution in [-0.2, 0) is 0 Å². The zero-order chi connectivity index (χ0) is 21.1. The maximum absolute atomic E-state index is 11.0. The minimum Gasteiger partial charge on any atom is -0.507 e. The normalized spacial score (nSPS) is 10.6. The Bertz CT molecular complexity index is 1160. The van der Waals surface area contributed by atoms with Crippen molar-refractivity contribution < 1.29 is 14.7 Å². The average Bonchev–Trinajstić information content (AvgIpc) is 2.80. The van der Waals surface area contributed by atoms with Crippen molar-refractivity contribution in [3.63, 3.8) is 0 Å². The van der Waals surface area contributed by atoms with Gasteiger partial charge in [-0.1, -0.05) is 60.7 Å². The van der Waals surface area contributed by atoms with Gasteiger partial charge in [-0.25, -0.2) is 15.0 Å². The average molecular weight is 395 g/mol. The number of rotatable bonds is 5. The molecular formula is C24H17N3O3. The van der Waals surface area contributed by atoms with Crippen LogP contribution in [0.1, 0.15) is 26.3 Å².